The molecule has 1 aromatic heterocycles. The number of ether oxygens (including phenoxy) is 4. The van der Waals surface area contributed by atoms with E-state index >= 15 is 0 Å². The SMILES string of the molecule is CCCC(CCC)OC(=O)Nc1ccc(Oc2ccnc3cc(OC)c(OC)cc23)c(C)c1C. The van der Waals surface area contributed by atoms with Crippen molar-refractivity contribution in [2.75, 3.05) is 19.5 Å². The van der Waals surface area contributed by atoms with Gasteiger partial charge in [0.1, 0.15) is 17.6 Å². The minimum absolute atomic E-state index is 0.0606. The molecule has 1 N–H and O–H groups in total. The minimum Gasteiger partial charge on any atom is -0.493 e. The topological polar surface area (TPSA) is 78.9 Å². The fraction of sp³-hybridized carbons (Fsp3) is 0.407. The highest BCUT2D eigenvalue weighted by molar-refractivity contribution is 5.89. The summed E-state index contributed by atoms with van der Waals surface area (Å²) in [5.74, 6) is 2.54. The molecule has 0 radical (unpaired) electrons. The highest BCUT2D eigenvalue weighted by Crippen LogP contribution is 2.38. The average Bonchev–Trinajstić information content (AvgIpc) is 2.83. The molecule has 182 valence electrons. The second-order valence-electron chi connectivity index (χ2n) is 8.23. The lowest BCUT2D eigenvalue weighted by atomic mass is 10.1. The summed E-state index contributed by atoms with van der Waals surface area (Å²) >= 11 is 0. The van der Waals surface area contributed by atoms with E-state index in [1.165, 1.54) is 0 Å². The van der Waals surface area contributed by atoms with Crippen LogP contribution < -0.4 is 19.5 Å². The van der Waals surface area contributed by atoms with E-state index in [4.69, 9.17) is 18.9 Å². The van der Waals surface area contributed by atoms with Crippen molar-refractivity contribution in [3.63, 3.8) is 0 Å². The molecule has 7 nitrogen and oxygen atoms in total. The summed E-state index contributed by atoms with van der Waals surface area (Å²) in [7, 11) is 3.19. The number of methoxy groups -OCH3 is 2. The van der Waals surface area contributed by atoms with Crippen LogP contribution in [0.25, 0.3) is 10.9 Å². The van der Waals surface area contributed by atoms with E-state index in [-0.39, 0.29) is 6.10 Å². The molecule has 3 aromatic rings. The van der Waals surface area contributed by atoms with Gasteiger partial charge in [0.05, 0.1) is 19.7 Å². The number of aromatic nitrogens is 1. The Morgan fingerprint density at radius 3 is 2.24 bits per heavy atom. The van der Waals surface area contributed by atoms with Gasteiger partial charge in [-0.2, -0.15) is 0 Å². The summed E-state index contributed by atoms with van der Waals surface area (Å²) in [6, 6.07) is 9.17. The average molecular weight is 467 g/mol. The van der Waals surface area contributed by atoms with Gasteiger partial charge in [-0.1, -0.05) is 26.7 Å². The molecule has 0 fully saturated rings. The molecule has 0 aliphatic rings. The number of carbonyl (C=O) groups is 1. The van der Waals surface area contributed by atoms with E-state index in [1.807, 2.05) is 44.2 Å². The maximum Gasteiger partial charge on any atom is 0.411 e. The summed E-state index contributed by atoms with van der Waals surface area (Å²) in [6.45, 7) is 8.10. The summed E-state index contributed by atoms with van der Waals surface area (Å²) in [6.07, 6.45) is 4.89. The van der Waals surface area contributed by atoms with Gasteiger partial charge in [0.25, 0.3) is 0 Å². The van der Waals surface area contributed by atoms with Crippen LogP contribution in [-0.2, 0) is 4.74 Å². The summed E-state index contributed by atoms with van der Waals surface area (Å²) in [4.78, 5) is 16.9. The molecule has 2 aromatic carbocycles. The van der Waals surface area contributed by atoms with Crippen molar-refractivity contribution in [1.29, 1.82) is 0 Å². The molecule has 0 aliphatic carbocycles. The van der Waals surface area contributed by atoms with Gasteiger partial charge in [-0.3, -0.25) is 10.3 Å². The van der Waals surface area contributed by atoms with Gasteiger partial charge in [0.15, 0.2) is 11.5 Å². The molecule has 34 heavy (non-hydrogen) atoms. The number of amides is 1. The van der Waals surface area contributed by atoms with Gasteiger partial charge in [-0.15, -0.1) is 0 Å². The van der Waals surface area contributed by atoms with E-state index in [1.54, 1.807) is 20.4 Å². The molecule has 0 bridgehead atoms. The van der Waals surface area contributed by atoms with Gasteiger partial charge in [-0.05, 0) is 62.1 Å². The Morgan fingerprint density at radius 2 is 1.59 bits per heavy atom. The van der Waals surface area contributed by atoms with Crippen LogP contribution in [0.5, 0.6) is 23.0 Å². The second kappa shape index (κ2) is 11.6. The summed E-state index contributed by atoms with van der Waals surface area (Å²) in [5.41, 5.74) is 3.27. The molecule has 0 unspecified atom stereocenters. The Kier molecular flexibility index (Phi) is 8.57. The number of anilines is 1. The first-order chi connectivity index (χ1) is 16.4. The number of benzene rings is 2. The first-order valence-electron chi connectivity index (χ1n) is 11.7. The largest absolute Gasteiger partial charge is 0.493 e. The standard InChI is InChI=1S/C27H34N2O5/c1-7-9-19(10-8-2)33-27(30)29-21-11-12-23(18(4)17(21)3)34-24-13-14-28-22-16-26(32-6)25(31-5)15-20(22)24/h11-16,19H,7-10H2,1-6H3,(H,29,30). The maximum atomic E-state index is 12.5. The number of hydrogen-bond donors (Lipinski definition) is 1. The Labute approximate surface area is 201 Å². The molecule has 1 amide bonds. The highest BCUT2D eigenvalue weighted by Gasteiger charge is 2.17. The van der Waals surface area contributed by atoms with Crippen molar-refractivity contribution in [3.8, 4) is 23.0 Å². The van der Waals surface area contributed by atoms with Gasteiger partial charge in [0.2, 0.25) is 0 Å². The molecule has 0 spiro atoms. The number of fused-ring (bicyclic) bond motifs is 1. The lowest BCUT2D eigenvalue weighted by molar-refractivity contribution is 0.0988. The predicted octanol–water partition coefficient (Wildman–Crippen LogP) is 7.18. The van der Waals surface area contributed by atoms with E-state index in [2.05, 4.69) is 24.1 Å². The fourth-order valence-corrected chi connectivity index (χ4v) is 3.89. The maximum absolute atomic E-state index is 12.5. The Morgan fingerprint density at radius 1 is 0.912 bits per heavy atom. The quantitative estimate of drug-likeness (QED) is 0.341. The molecule has 0 saturated heterocycles. The van der Waals surface area contributed by atoms with Crippen LogP contribution in [0.3, 0.4) is 0 Å². The van der Waals surface area contributed by atoms with Crippen molar-refractivity contribution in [2.24, 2.45) is 0 Å². The Bertz CT molecular complexity index is 1140. The van der Waals surface area contributed by atoms with E-state index in [9.17, 15) is 4.79 Å². The van der Waals surface area contributed by atoms with Crippen LogP contribution in [0.1, 0.15) is 50.7 Å². The number of nitrogens with one attached hydrogen (secondary N) is 1. The number of carbonyl (C=O) groups excluding carboxylic acids is 1. The third kappa shape index (κ3) is 5.71. The third-order valence-electron chi connectivity index (χ3n) is 5.90. The van der Waals surface area contributed by atoms with Crippen molar-refractivity contribution < 1.29 is 23.7 Å². The van der Waals surface area contributed by atoms with Crippen molar-refractivity contribution >= 4 is 22.7 Å². The minimum atomic E-state index is -0.427. The fourth-order valence-electron chi connectivity index (χ4n) is 3.89. The molecule has 1 heterocycles. The van der Waals surface area contributed by atoms with Crippen LogP contribution in [0.2, 0.25) is 0 Å². The van der Waals surface area contributed by atoms with Crippen LogP contribution in [-0.4, -0.2) is 31.4 Å². The van der Waals surface area contributed by atoms with Crippen LogP contribution >= 0.6 is 0 Å². The summed E-state index contributed by atoms with van der Waals surface area (Å²) in [5, 5.41) is 3.70. The van der Waals surface area contributed by atoms with Gasteiger partial charge < -0.3 is 18.9 Å². The van der Waals surface area contributed by atoms with Crippen molar-refractivity contribution in [2.45, 2.75) is 59.5 Å². The zero-order valence-electron chi connectivity index (χ0n) is 20.9. The molecule has 3 rings (SSSR count). The number of nitrogens with zero attached hydrogens (tertiary/aromatic N) is 1. The zero-order valence-corrected chi connectivity index (χ0v) is 20.9. The normalized spacial score (nSPS) is 10.9. The number of pyridine rings is 1. The van der Waals surface area contributed by atoms with Crippen LogP contribution in [0.15, 0.2) is 36.5 Å². The zero-order chi connectivity index (χ0) is 24.7. The molecule has 0 atom stereocenters. The van der Waals surface area contributed by atoms with Gasteiger partial charge >= 0.3 is 6.09 Å². The van der Waals surface area contributed by atoms with Gasteiger partial charge in [-0.25, -0.2) is 4.79 Å². The third-order valence-corrected chi connectivity index (χ3v) is 5.90. The van der Waals surface area contributed by atoms with Crippen molar-refractivity contribution in [3.05, 3.63) is 47.7 Å². The van der Waals surface area contributed by atoms with Crippen LogP contribution in [0.4, 0.5) is 10.5 Å². The number of hydrogen-bond acceptors (Lipinski definition) is 6. The number of rotatable bonds is 10. The predicted molar refractivity (Wildman–Crippen MR) is 135 cm³/mol. The van der Waals surface area contributed by atoms with E-state index < -0.39 is 6.09 Å². The molecule has 0 aliphatic heterocycles. The van der Waals surface area contributed by atoms with E-state index in [0.717, 1.165) is 47.7 Å². The monoisotopic (exact) mass is 466 g/mol. The molecular weight excluding hydrogens is 432 g/mol. The first-order valence-corrected chi connectivity index (χ1v) is 11.7. The molecule has 7 heteroatoms. The second-order valence-corrected chi connectivity index (χ2v) is 8.23. The van der Waals surface area contributed by atoms with Crippen molar-refractivity contribution in [1.82, 2.24) is 4.98 Å². The molecule has 0 saturated carbocycles. The lowest BCUT2D eigenvalue weighted by Gasteiger charge is -2.19. The summed E-state index contributed by atoms with van der Waals surface area (Å²) < 4.78 is 22.7. The smallest absolute Gasteiger partial charge is 0.411 e. The molecular formula is C27H34N2O5. The lowest BCUT2D eigenvalue weighted by Crippen LogP contribution is -2.22. The Balaban J connectivity index is 1.83. The van der Waals surface area contributed by atoms with Gasteiger partial charge in [0, 0.05) is 23.3 Å². The van der Waals surface area contributed by atoms with E-state index in [0.29, 0.717) is 28.7 Å². The highest BCUT2D eigenvalue weighted by atomic mass is 16.6. The first kappa shape index (κ1) is 25.1. The Hall–Kier alpha value is -3.48. The van der Waals surface area contributed by atoms with Crippen LogP contribution in [0, 0.1) is 13.8 Å².